The van der Waals surface area contributed by atoms with Gasteiger partial charge in [-0.15, -0.1) is 0 Å². The highest BCUT2D eigenvalue weighted by molar-refractivity contribution is 5.91. The fourth-order valence-electron chi connectivity index (χ4n) is 3.18. The van der Waals surface area contributed by atoms with Crippen molar-refractivity contribution in [2.45, 2.75) is 6.42 Å². The summed E-state index contributed by atoms with van der Waals surface area (Å²) >= 11 is 0. The number of imidazole rings is 1. The number of amides is 1. The lowest BCUT2D eigenvalue weighted by atomic mass is 10.3. The van der Waals surface area contributed by atoms with Gasteiger partial charge in [-0.25, -0.2) is 4.98 Å². The molecule has 0 bridgehead atoms. The van der Waals surface area contributed by atoms with Crippen LogP contribution in [0.1, 0.15) is 12.1 Å². The van der Waals surface area contributed by atoms with Gasteiger partial charge in [-0.3, -0.25) is 9.78 Å². The molecular formula is C20H21N5O. The first-order valence-electron chi connectivity index (χ1n) is 8.87. The van der Waals surface area contributed by atoms with Crippen molar-refractivity contribution >= 4 is 29.0 Å². The smallest absolute Gasteiger partial charge is 0.246 e. The van der Waals surface area contributed by atoms with Crippen molar-refractivity contribution in [3.8, 4) is 0 Å². The Morgan fingerprint density at radius 3 is 2.77 bits per heavy atom. The highest BCUT2D eigenvalue weighted by Crippen LogP contribution is 2.18. The zero-order valence-electron chi connectivity index (χ0n) is 14.5. The van der Waals surface area contributed by atoms with Gasteiger partial charge in [0.1, 0.15) is 0 Å². The van der Waals surface area contributed by atoms with E-state index in [0.717, 1.165) is 48.7 Å². The Kier molecular flexibility index (Phi) is 4.64. The normalized spacial score (nSPS) is 15.5. The average Bonchev–Trinajstić information content (AvgIpc) is 2.96. The second-order valence-corrected chi connectivity index (χ2v) is 6.33. The van der Waals surface area contributed by atoms with Crippen LogP contribution in [0.25, 0.3) is 17.1 Å². The topological polar surface area (TPSA) is 65.1 Å². The minimum absolute atomic E-state index is 0.0297. The van der Waals surface area contributed by atoms with Crippen molar-refractivity contribution in [2.75, 3.05) is 31.1 Å². The van der Waals surface area contributed by atoms with Gasteiger partial charge in [0.2, 0.25) is 11.9 Å². The molecule has 1 aromatic carbocycles. The number of aromatic nitrogens is 3. The summed E-state index contributed by atoms with van der Waals surface area (Å²) in [4.78, 5) is 28.8. The summed E-state index contributed by atoms with van der Waals surface area (Å²) in [6.07, 6.45) is 6.02. The molecule has 0 aliphatic carbocycles. The highest BCUT2D eigenvalue weighted by atomic mass is 16.2. The number of hydrogen-bond donors (Lipinski definition) is 1. The number of rotatable bonds is 3. The molecule has 0 radical (unpaired) electrons. The lowest BCUT2D eigenvalue weighted by Gasteiger charge is -2.20. The van der Waals surface area contributed by atoms with Crippen LogP contribution >= 0.6 is 0 Å². The summed E-state index contributed by atoms with van der Waals surface area (Å²) in [7, 11) is 0. The molecule has 3 aromatic rings. The molecule has 1 saturated heterocycles. The molecule has 1 aliphatic heterocycles. The van der Waals surface area contributed by atoms with E-state index >= 15 is 0 Å². The molecule has 1 fully saturated rings. The Labute approximate surface area is 152 Å². The number of para-hydroxylation sites is 2. The van der Waals surface area contributed by atoms with Crippen LogP contribution < -0.4 is 4.90 Å². The predicted octanol–water partition coefficient (Wildman–Crippen LogP) is 2.71. The molecule has 1 N–H and O–H groups in total. The molecule has 0 unspecified atom stereocenters. The van der Waals surface area contributed by atoms with Crippen LogP contribution in [0.3, 0.4) is 0 Å². The number of aromatic amines is 1. The summed E-state index contributed by atoms with van der Waals surface area (Å²) in [5, 5.41) is 0. The van der Waals surface area contributed by atoms with E-state index in [-0.39, 0.29) is 5.91 Å². The van der Waals surface area contributed by atoms with Crippen molar-refractivity contribution in [1.29, 1.82) is 0 Å². The van der Waals surface area contributed by atoms with Gasteiger partial charge in [0.05, 0.1) is 16.7 Å². The molecule has 2 aromatic heterocycles. The average molecular weight is 347 g/mol. The maximum atomic E-state index is 12.5. The van der Waals surface area contributed by atoms with E-state index in [4.69, 9.17) is 0 Å². The molecule has 1 amide bonds. The number of fused-ring (bicyclic) bond motifs is 1. The summed E-state index contributed by atoms with van der Waals surface area (Å²) in [6, 6.07) is 13.7. The molecule has 0 saturated carbocycles. The molecule has 26 heavy (non-hydrogen) atoms. The van der Waals surface area contributed by atoms with Crippen molar-refractivity contribution in [1.82, 2.24) is 19.9 Å². The van der Waals surface area contributed by atoms with Crippen molar-refractivity contribution < 1.29 is 4.79 Å². The van der Waals surface area contributed by atoms with Gasteiger partial charge in [0.15, 0.2) is 0 Å². The zero-order valence-corrected chi connectivity index (χ0v) is 14.5. The monoisotopic (exact) mass is 347 g/mol. The van der Waals surface area contributed by atoms with Gasteiger partial charge in [-0.05, 0) is 36.8 Å². The minimum Gasteiger partial charge on any atom is -0.341 e. The van der Waals surface area contributed by atoms with Crippen LogP contribution in [-0.2, 0) is 4.79 Å². The van der Waals surface area contributed by atoms with Crippen LogP contribution in [0.15, 0.2) is 54.7 Å². The van der Waals surface area contributed by atoms with Gasteiger partial charge in [0.25, 0.3) is 0 Å². The molecule has 132 valence electrons. The second kappa shape index (κ2) is 7.39. The molecule has 0 atom stereocenters. The third-order valence-corrected chi connectivity index (χ3v) is 4.57. The molecule has 4 rings (SSSR count). The first kappa shape index (κ1) is 16.3. The van der Waals surface area contributed by atoms with Crippen molar-refractivity contribution in [3.05, 3.63) is 60.4 Å². The molecule has 3 heterocycles. The summed E-state index contributed by atoms with van der Waals surface area (Å²) in [6.45, 7) is 3.08. The number of carbonyl (C=O) groups excluding carboxylic acids is 1. The Morgan fingerprint density at radius 1 is 1.04 bits per heavy atom. The summed E-state index contributed by atoms with van der Waals surface area (Å²) < 4.78 is 0. The van der Waals surface area contributed by atoms with Gasteiger partial charge in [0, 0.05) is 38.5 Å². The Morgan fingerprint density at radius 2 is 1.92 bits per heavy atom. The van der Waals surface area contributed by atoms with E-state index < -0.39 is 0 Å². The number of hydrogen-bond acceptors (Lipinski definition) is 4. The maximum absolute atomic E-state index is 12.5. The van der Waals surface area contributed by atoms with Gasteiger partial charge < -0.3 is 14.8 Å². The Balaban J connectivity index is 1.41. The summed E-state index contributed by atoms with van der Waals surface area (Å²) in [5.41, 5.74) is 2.80. The quantitative estimate of drug-likeness (QED) is 0.740. The van der Waals surface area contributed by atoms with Crippen molar-refractivity contribution in [2.24, 2.45) is 0 Å². The molecule has 6 heteroatoms. The van der Waals surface area contributed by atoms with E-state index in [0.29, 0.717) is 6.54 Å². The molecule has 1 aliphatic rings. The largest absolute Gasteiger partial charge is 0.341 e. The van der Waals surface area contributed by atoms with Crippen LogP contribution in [0.2, 0.25) is 0 Å². The lowest BCUT2D eigenvalue weighted by molar-refractivity contribution is -0.125. The van der Waals surface area contributed by atoms with Crippen LogP contribution in [0.5, 0.6) is 0 Å². The Hall–Kier alpha value is -3.15. The first-order chi connectivity index (χ1) is 12.8. The molecule has 0 spiro atoms. The number of H-pyrrole nitrogens is 1. The number of pyridine rings is 1. The number of nitrogens with zero attached hydrogens (tertiary/aromatic N) is 4. The fourth-order valence-corrected chi connectivity index (χ4v) is 3.18. The van der Waals surface area contributed by atoms with E-state index in [1.165, 1.54) is 0 Å². The molecular weight excluding hydrogens is 326 g/mol. The van der Waals surface area contributed by atoms with Crippen molar-refractivity contribution in [3.63, 3.8) is 0 Å². The SMILES string of the molecule is O=C(C=Cc1ccccn1)N1CCCN(c2nc3ccccc3[nH]2)CC1. The zero-order chi connectivity index (χ0) is 17.8. The number of carbonyl (C=O) groups is 1. The highest BCUT2D eigenvalue weighted by Gasteiger charge is 2.19. The van der Waals surface area contributed by atoms with E-state index in [9.17, 15) is 4.79 Å². The van der Waals surface area contributed by atoms with Crippen LogP contribution in [0, 0.1) is 0 Å². The Bertz CT molecular complexity index is 885. The second-order valence-electron chi connectivity index (χ2n) is 6.33. The fraction of sp³-hybridized carbons (Fsp3) is 0.250. The number of nitrogens with one attached hydrogen (secondary N) is 1. The van der Waals surface area contributed by atoms with E-state index in [1.54, 1.807) is 18.3 Å². The lowest BCUT2D eigenvalue weighted by Crippen LogP contribution is -2.34. The maximum Gasteiger partial charge on any atom is 0.246 e. The third kappa shape index (κ3) is 3.59. The van der Waals surface area contributed by atoms with Crippen LogP contribution in [0.4, 0.5) is 5.95 Å². The third-order valence-electron chi connectivity index (χ3n) is 4.57. The van der Waals surface area contributed by atoms with Gasteiger partial charge >= 0.3 is 0 Å². The summed E-state index contributed by atoms with van der Waals surface area (Å²) in [5.74, 6) is 0.909. The molecule has 6 nitrogen and oxygen atoms in total. The number of benzene rings is 1. The number of anilines is 1. The van der Waals surface area contributed by atoms with Crippen LogP contribution in [-0.4, -0.2) is 51.9 Å². The van der Waals surface area contributed by atoms with E-state index in [2.05, 4.69) is 19.9 Å². The predicted molar refractivity (Wildman–Crippen MR) is 103 cm³/mol. The van der Waals surface area contributed by atoms with Gasteiger partial charge in [-0.2, -0.15) is 0 Å². The minimum atomic E-state index is 0.0297. The van der Waals surface area contributed by atoms with Gasteiger partial charge in [-0.1, -0.05) is 18.2 Å². The van der Waals surface area contributed by atoms with E-state index in [1.807, 2.05) is 47.4 Å². The first-order valence-corrected chi connectivity index (χ1v) is 8.87. The standard InChI is InChI=1S/C20H21N5O/c26-19(10-9-16-6-3-4-11-21-16)24-12-5-13-25(15-14-24)20-22-17-7-1-2-8-18(17)23-20/h1-4,6-11H,5,12-15H2,(H,22,23).